The summed E-state index contributed by atoms with van der Waals surface area (Å²) in [6.45, 7) is 2.93. The van der Waals surface area contributed by atoms with Crippen LogP contribution < -0.4 is 10.6 Å². The molecule has 0 aliphatic carbocycles. The lowest BCUT2D eigenvalue weighted by Gasteiger charge is -2.30. The predicted octanol–water partition coefficient (Wildman–Crippen LogP) is 2.93. The lowest BCUT2D eigenvalue weighted by Crippen LogP contribution is -2.52. The van der Waals surface area contributed by atoms with Gasteiger partial charge >= 0.3 is 6.18 Å². The zero-order valence-electron chi connectivity index (χ0n) is 12.2. The van der Waals surface area contributed by atoms with Crippen LogP contribution in [0.3, 0.4) is 0 Å². The molecule has 1 fully saturated rings. The van der Waals surface area contributed by atoms with Crippen LogP contribution in [0.5, 0.6) is 0 Å². The molecule has 1 aromatic carbocycles. The molecule has 7 heteroatoms. The molecule has 2 N–H and O–H groups in total. The van der Waals surface area contributed by atoms with Gasteiger partial charge in [0, 0.05) is 12.1 Å². The average Bonchev–Trinajstić information content (AvgIpc) is 2.41. The second-order valence-corrected chi connectivity index (χ2v) is 5.43. The largest absolute Gasteiger partial charge is 0.416 e. The van der Waals surface area contributed by atoms with Crippen LogP contribution in [-0.4, -0.2) is 24.5 Å². The van der Waals surface area contributed by atoms with E-state index < -0.39 is 11.7 Å². The third-order valence-electron chi connectivity index (χ3n) is 3.73. The Morgan fingerprint density at radius 3 is 2.77 bits per heavy atom. The summed E-state index contributed by atoms with van der Waals surface area (Å²) in [6, 6.07) is 5.13. The van der Waals surface area contributed by atoms with Gasteiger partial charge in [-0.05, 0) is 37.9 Å². The molecule has 0 saturated carbocycles. The van der Waals surface area contributed by atoms with Crippen LogP contribution in [0.1, 0.15) is 30.9 Å². The van der Waals surface area contributed by atoms with Crippen molar-refractivity contribution in [3.63, 3.8) is 0 Å². The molecule has 0 spiro atoms. The number of hydrogen-bond acceptors (Lipinski definition) is 2. The van der Waals surface area contributed by atoms with E-state index in [2.05, 4.69) is 10.6 Å². The molecule has 0 radical (unpaired) electrons. The topological polar surface area (TPSA) is 41.1 Å². The van der Waals surface area contributed by atoms with E-state index in [1.165, 1.54) is 12.1 Å². The molecule has 0 aromatic heterocycles. The normalized spacial score (nSPS) is 21.8. The van der Waals surface area contributed by atoms with Crippen molar-refractivity contribution in [2.45, 2.75) is 44.4 Å². The number of hydrogen-bond donors (Lipinski definition) is 2. The molecular weight excluding hydrogens is 317 g/mol. The lowest BCUT2D eigenvalue weighted by atomic mass is 9.99. The van der Waals surface area contributed by atoms with Crippen LogP contribution in [0.25, 0.3) is 0 Å². The first-order valence-corrected chi connectivity index (χ1v) is 7.05. The predicted molar refractivity (Wildman–Crippen MR) is 81.0 cm³/mol. The minimum absolute atomic E-state index is 0. The minimum atomic E-state index is -4.38. The minimum Gasteiger partial charge on any atom is -0.352 e. The zero-order valence-corrected chi connectivity index (χ0v) is 13.1. The van der Waals surface area contributed by atoms with Crippen molar-refractivity contribution in [3.8, 4) is 0 Å². The molecule has 2 atom stereocenters. The molecule has 1 aliphatic heterocycles. The summed E-state index contributed by atoms with van der Waals surface area (Å²) < 4.78 is 37.9. The summed E-state index contributed by atoms with van der Waals surface area (Å²) in [6.07, 6.45) is -2.54. The Morgan fingerprint density at radius 1 is 1.41 bits per heavy atom. The average molecular weight is 337 g/mol. The fourth-order valence-corrected chi connectivity index (χ4v) is 2.54. The highest BCUT2D eigenvalue weighted by atomic mass is 35.5. The molecule has 124 valence electrons. The smallest absolute Gasteiger partial charge is 0.352 e. The molecule has 3 nitrogen and oxygen atoms in total. The highest BCUT2D eigenvalue weighted by Gasteiger charge is 2.30. The van der Waals surface area contributed by atoms with Crippen LogP contribution in [0.4, 0.5) is 13.2 Å². The lowest BCUT2D eigenvalue weighted by molar-refractivity contribution is -0.137. The van der Waals surface area contributed by atoms with E-state index in [0.717, 1.165) is 31.5 Å². The van der Waals surface area contributed by atoms with Gasteiger partial charge in [-0.1, -0.05) is 18.2 Å². The summed E-state index contributed by atoms with van der Waals surface area (Å²) in [5.74, 6) is -0.241. The SMILES string of the molecule is CC1NCCCC1NC(=O)Cc1cccc(C(F)(F)F)c1.Cl. The van der Waals surface area contributed by atoms with E-state index in [9.17, 15) is 18.0 Å². The van der Waals surface area contributed by atoms with Gasteiger partial charge in [-0.3, -0.25) is 4.79 Å². The first kappa shape index (κ1) is 18.8. The molecule has 1 heterocycles. The van der Waals surface area contributed by atoms with Crippen LogP contribution in [-0.2, 0) is 17.4 Å². The number of nitrogens with one attached hydrogen (secondary N) is 2. The van der Waals surface area contributed by atoms with E-state index in [1.54, 1.807) is 0 Å². The monoisotopic (exact) mass is 336 g/mol. The van der Waals surface area contributed by atoms with Crippen LogP contribution >= 0.6 is 12.4 Å². The quantitative estimate of drug-likeness (QED) is 0.891. The van der Waals surface area contributed by atoms with Gasteiger partial charge in [0.15, 0.2) is 0 Å². The Bertz CT molecular complexity index is 508. The van der Waals surface area contributed by atoms with Gasteiger partial charge < -0.3 is 10.6 Å². The fraction of sp³-hybridized carbons (Fsp3) is 0.533. The van der Waals surface area contributed by atoms with Gasteiger partial charge in [-0.2, -0.15) is 13.2 Å². The van der Waals surface area contributed by atoms with E-state index in [4.69, 9.17) is 0 Å². The van der Waals surface area contributed by atoms with E-state index >= 15 is 0 Å². The van der Waals surface area contributed by atoms with Crippen molar-refractivity contribution in [2.24, 2.45) is 0 Å². The van der Waals surface area contributed by atoms with Crippen molar-refractivity contribution in [1.29, 1.82) is 0 Å². The van der Waals surface area contributed by atoms with E-state index in [0.29, 0.717) is 5.56 Å². The standard InChI is InChI=1S/C15H19F3N2O.ClH/c1-10-13(6-3-7-19-10)20-14(21)9-11-4-2-5-12(8-11)15(16,17)18;/h2,4-5,8,10,13,19H,3,6-7,9H2,1H3,(H,20,21);1H. The molecule has 22 heavy (non-hydrogen) atoms. The maximum atomic E-state index is 12.6. The molecule has 1 saturated heterocycles. The summed E-state index contributed by atoms with van der Waals surface area (Å²) in [5.41, 5.74) is -0.348. The third kappa shape index (κ3) is 5.18. The van der Waals surface area contributed by atoms with Crippen LogP contribution in [0.15, 0.2) is 24.3 Å². The number of amides is 1. The number of alkyl halides is 3. The van der Waals surface area contributed by atoms with Crippen LogP contribution in [0, 0.1) is 0 Å². The van der Waals surface area contributed by atoms with Crippen molar-refractivity contribution in [2.75, 3.05) is 6.54 Å². The summed E-state index contributed by atoms with van der Waals surface area (Å²) in [5, 5.41) is 6.16. The molecular formula is C15H20ClF3N2O. The van der Waals surface area contributed by atoms with Gasteiger partial charge in [-0.15, -0.1) is 12.4 Å². The first-order chi connectivity index (χ1) is 9.86. The summed E-state index contributed by atoms with van der Waals surface area (Å²) in [7, 11) is 0. The van der Waals surface area contributed by atoms with Crippen molar-refractivity contribution >= 4 is 18.3 Å². The maximum absolute atomic E-state index is 12.6. The zero-order chi connectivity index (χ0) is 15.5. The maximum Gasteiger partial charge on any atom is 0.416 e. The molecule has 1 amide bonds. The van der Waals surface area contributed by atoms with Crippen molar-refractivity contribution < 1.29 is 18.0 Å². The Kier molecular flexibility index (Phi) is 6.68. The molecule has 1 aromatic rings. The number of carbonyl (C=O) groups is 1. The molecule has 2 rings (SSSR count). The number of piperidine rings is 1. The van der Waals surface area contributed by atoms with Crippen molar-refractivity contribution in [3.05, 3.63) is 35.4 Å². The number of benzene rings is 1. The Hall–Kier alpha value is -1.27. The summed E-state index contributed by atoms with van der Waals surface area (Å²) >= 11 is 0. The molecule has 1 aliphatic rings. The summed E-state index contributed by atoms with van der Waals surface area (Å²) in [4.78, 5) is 12.0. The Labute approximate surface area is 134 Å². The van der Waals surface area contributed by atoms with Gasteiger partial charge in [0.05, 0.1) is 12.0 Å². The third-order valence-corrected chi connectivity index (χ3v) is 3.73. The number of rotatable bonds is 3. The van der Waals surface area contributed by atoms with Crippen LogP contribution in [0.2, 0.25) is 0 Å². The second-order valence-electron chi connectivity index (χ2n) is 5.43. The van der Waals surface area contributed by atoms with Gasteiger partial charge in [-0.25, -0.2) is 0 Å². The van der Waals surface area contributed by atoms with Gasteiger partial charge in [0.2, 0.25) is 5.91 Å². The Morgan fingerprint density at radius 2 is 2.14 bits per heavy atom. The van der Waals surface area contributed by atoms with Gasteiger partial charge in [0.25, 0.3) is 0 Å². The van der Waals surface area contributed by atoms with E-state index in [-0.39, 0.29) is 36.8 Å². The number of carbonyl (C=O) groups excluding carboxylic acids is 1. The Balaban J connectivity index is 0.00000242. The highest BCUT2D eigenvalue weighted by Crippen LogP contribution is 2.29. The number of halogens is 4. The van der Waals surface area contributed by atoms with Crippen molar-refractivity contribution in [1.82, 2.24) is 10.6 Å². The van der Waals surface area contributed by atoms with E-state index in [1.807, 2.05) is 6.92 Å². The first-order valence-electron chi connectivity index (χ1n) is 7.05. The second kappa shape index (κ2) is 7.83. The molecule has 0 bridgehead atoms. The molecule has 2 unspecified atom stereocenters. The van der Waals surface area contributed by atoms with Gasteiger partial charge in [0.1, 0.15) is 0 Å². The fourth-order valence-electron chi connectivity index (χ4n) is 2.54. The highest BCUT2D eigenvalue weighted by molar-refractivity contribution is 5.85.